The summed E-state index contributed by atoms with van der Waals surface area (Å²) in [5, 5.41) is 15.1. The molecule has 3 aromatic heterocycles. The molecule has 0 aliphatic heterocycles. The van der Waals surface area contributed by atoms with E-state index in [-0.39, 0.29) is 5.82 Å². The molecule has 0 saturated carbocycles. The molecule has 0 radical (unpaired) electrons. The lowest BCUT2D eigenvalue weighted by Gasteiger charge is -1.93. The zero-order valence-corrected chi connectivity index (χ0v) is 7.53. The van der Waals surface area contributed by atoms with E-state index >= 15 is 0 Å². The van der Waals surface area contributed by atoms with Crippen LogP contribution in [0.15, 0.2) is 29.0 Å². The number of hydrogen-bond acceptors (Lipinski definition) is 6. The van der Waals surface area contributed by atoms with Crippen molar-refractivity contribution in [2.45, 2.75) is 0 Å². The average molecular weight is 202 g/mol. The van der Waals surface area contributed by atoms with Crippen LogP contribution < -0.4 is 5.73 Å². The van der Waals surface area contributed by atoms with Gasteiger partial charge in [-0.15, -0.1) is 10.2 Å². The topological polar surface area (TPSA) is 95.1 Å². The second-order valence-corrected chi connectivity index (χ2v) is 2.95. The van der Waals surface area contributed by atoms with Gasteiger partial charge in [-0.05, 0) is 22.4 Å². The zero-order chi connectivity index (χ0) is 10.3. The van der Waals surface area contributed by atoms with E-state index in [1.54, 1.807) is 4.40 Å². The first-order valence-electron chi connectivity index (χ1n) is 4.24. The number of aromatic nitrogens is 5. The van der Waals surface area contributed by atoms with Crippen LogP contribution in [0.2, 0.25) is 0 Å². The fourth-order valence-corrected chi connectivity index (χ4v) is 1.35. The Hall–Kier alpha value is -2.44. The van der Waals surface area contributed by atoms with Crippen LogP contribution in [0.4, 0.5) is 5.82 Å². The van der Waals surface area contributed by atoms with E-state index in [0.29, 0.717) is 11.5 Å². The molecule has 3 heterocycles. The third kappa shape index (κ3) is 1.06. The highest BCUT2D eigenvalue weighted by Crippen LogP contribution is 2.19. The number of nitrogens with two attached hydrogens (primary N) is 1. The van der Waals surface area contributed by atoms with Gasteiger partial charge < -0.3 is 5.73 Å². The molecule has 0 amide bonds. The molecule has 0 spiro atoms. The van der Waals surface area contributed by atoms with Crippen molar-refractivity contribution in [2.24, 2.45) is 0 Å². The van der Waals surface area contributed by atoms with Crippen molar-refractivity contribution < 1.29 is 4.63 Å². The molecule has 3 rings (SSSR count). The average Bonchev–Trinajstić information content (AvgIpc) is 2.83. The highest BCUT2D eigenvalue weighted by Gasteiger charge is 2.15. The maximum absolute atomic E-state index is 5.57. The zero-order valence-electron chi connectivity index (χ0n) is 7.53. The molecule has 0 aliphatic rings. The normalized spacial score (nSPS) is 10.9. The van der Waals surface area contributed by atoms with Crippen molar-refractivity contribution in [1.82, 2.24) is 24.9 Å². The molecule has 3 aromatic rings. The highest BCUT2D eigenvalue weighted by atomic mass is 16.6. The molecular weight excluding hydrogens is 196 g/mol. The standard InChI is InChI=1S/C8H6N6O/c9-7-6(12-15-13-7)8-11-10-5-3-1-2-4-14(5)8/h1-4H,(H2,9,13). The van der Waals surface area contributed by atoms with Gasteiger partial charge in [-0.2, -0.15) is 0 Å². The van der Waals surface area contributed by atoms with Crippen LogP contribution in [0.25, 0.3) is 17.2 Å². The third-order valence-corrected chi connectivity index (χ3v) is 2.04. The van der Waals surface area contributed by atoms with Gasteiger partial charge in [0.1, 0.15) is 0 Å². The first kappa shape index (κ1) is 7.92. The largest absolute Gasteiger partial charge is 0.379 e. The molecule has 0 bridgehead atoms. The van der Waals surface area contributed by atoms with Crippen molar-refractivity contribution in [3.05, 3.63) is 24.4 Å². The Kier molecular flexibility index (Phi) is 1.46. The number of rotatable bonds is 1. The van der Waals surface area contributed by atoms with Crippen LogP contribution >= 0.6 is 0 Å². The molecule has 0 aromatic carbocycles. The van der Waals surface area contributed by atoms with Crippen molar-refractivity contribution in [3.63, 3.8) is 0 Å². The number of fused-ring (bicyclic) bond motifs is 1. The summed E-state index contributed by atoms with van der Waals surface area (Å²) in [6.45, 7) is 0. The van der Waals surface area contributed by atoms with Gasteiger partial charge in [0.15, 0.2) is 23.0 Å². The van der Waals surface area contributed by atoms with Crippen molar-refractivity contribution >= 4 is 11.5 Å². The van der Waals surface area contributed by atoms with Gasteiger partial charge in [0, 0.05) is 6.20 Å². The lowest BCUT2D eigenvalue weighted by atomic mass is 10.4. The number of nitrogens with zero attached hydrogens (tertiary/aromatic N) is 5. The predicted octanol–water partition coefficient (Wildman–Crippen LogP) is 0.361. The van der Waals surface area contributed by atoms with Gasteiger partial charge in [0.25, 0.3) is 0 Å². The Morgan fingerprint density at radius 2 is 2.13 bits per heavy atom. The summed E-state index contributed by atoms with van der Waals surface area (Å²) in [5.74, 6) is 0.720. The number of nitrogen functional groups attached to an aromatic ring is 1. The fraction of sp³-hybridized carbons (Fsp3) is 0. The maximum atomic E-state index is 5.57. The highest BCUT2D eigenvalue weighted by molar-refractivity contribution is 5.64. The summed E-state index contributed by atoms with van der Waals surface area (Å²) >= 11 is 0. The molecule has 7 nitrogen and oxygen atoms in total. The molecule has 0 atom stereocenters. The van der Waals surface area contributed by atoms with Gasteiger partial charge in [-0.25, -0.2) is 4.63 Å². The van der Waals surface area contributed by atoms with Crippen LogP contribution in [-0.4, -0.2) is 24.9 Å². The first-order chi connectivity index (χ1) is 7.36. The van der Waals surface area contributed by atoms with Gasteiger partial charge in [-0.1, -0.05) is 6.07 Å². The van der Waals surface area contributed by atoms with Crippen LogP contribution in [-0.2, 0) is 0 Å². The van der Waals surface area contributed by atoms with E-state index in [1.807, 2.05) is 24.4 Å². The Labute approximate surface area is 83.5 Å². The van der Waals surface area contributed by atoms with Crippen LogP contribution in [0, 0.1) is 0 Å². The van der Waals surface area contributed by atoms with Crippen LogP contribution in [0.3, 0.4) is 0 Å². The second-order valence-electron chi connectivity index (χ2n) is 2.95. The molecule has 7 heteroatoms. The van der Waals surface area contributed by atoms with E-state index in [2.05, 4.69) is 25.1 Å². The molecule has 74 valence electrons. The summed E-state index contributed by atoms with van der Waals surface area (Å²) in [6, 6.07) is 5.57. The third-order valence-electron chi connectivity index (χ3n) is 2.04. The van der Waals surface area contributed by atoms with Crippen molar-refractivity contribution in [2.75, 3.05) is 5.73 Å². The SMILES string of the molecule is Nc1nonc1-c1nnc2ccccn12. The Balaban J connectivity index is 2.32. The summed E-state index contributed by atoms with van der Waals surface area (Å²) in [7, 11) is 0. The van der Waals surface area contributed by atoms with Crippen LogP contribution in [0.1, 0.15) is 0 Å². The molecule has 2 N–H and O–H groups in total. The molecular formula is C8H6N6O. The smallest absolute Gasteiger partial charge is 0.199 e. The second kappa shape index (κ2) is 2.77. The predicted molar refractivity (Wildman–Crippen MR) is 50.7 cm³/mol. The van der Waals surface area contributed by atoms with E-state index < -0.39 is 0 Å². The Bertz CT molecular complexity index is 612. The lowest BCUT2D eigenvalue weighted by molar-refractivity contribution is 0.310. The summed E-state index contributed by atoms with van der Waals surface area (Å²) < 4.78 is 6.27. The van der Waals surface area contributed by atoms with Crippen LogP contribution in [0.5, 0.6) is 0 Å². The molecule has 0 fully saturated rings. The molecule has 0 saturated heterocycles. The minimum Gasteiger partial charge on any atom is -0.379 e. The number of anilines is 1. The lowest BCUT2D eigenvalue weighted by Crippen LogP contribution is -1.93. The minimum absolute atomic E-state index is 0.202. The number of hydrogen-bond donors (Lipinski definition) is 1. The summed E-state index contributed by atoms with van der Waals surface area (Å²) in [6.07, 6.45) is 1.82. The van der Waals surface area contributed by atoms with E-state index in [9.17, 15) is 0 Å². The minimum atomic E-state index is 0.202. The first-order valence-corrected chi connectivity index (χ1v) is 4.24. The quantitative estimate of drug-likeness (QED) is 0.612. The van der Waals surface area contributed by atoms with Crippen molar-refractivity contribution in [1.29, 1.82) is 0 Å². The summed E-state index contributed by atoms with van der Waals surface area (Å²) in [4.78, 5) is 0. The monoisotopic (exact) mass is 202 g/mol. The molecule has 0 unspecified atom stereocenters. The molecule has 15 heavy (non-hydrogen) atoms. The van der Waals surface area contributed by atoms with Gasteiger partial charge in [-0.3, -0.25) is 4.40 Å². The van der Waals surface area contributed by atoms with Crippen molar-refractivity contribution in [3.8, 4) is 11.5 Å². The fourth-order valence-electron chi connectivity index (χ4n) is 1.35. The van der Waals surface area contributed by atoms with Gasteiger partial charge in [0.2, 0.25) is 0 Å². The number of pyridine rings is 1. The Morgan fingerprint density at radius 3 is 2.93 bits per heavy atom. The van der Waals surface area contributed by atoms with E-state index in [1.165, 1.54) is 0 Å². The van der Waals surface area contributed by atoms with E-state index in [0.717, 1.165) is 5.65 Å². The van der Waals surface area contributed by atoms with Gasteiger partial charge >= 0.3 is 0 Å². The maximum Gasteiger partial charge on any atom is 0.199 e. The van der Waals surface area contributed by atoms with Gasteiger partial charge in [0.05, 0.1) is 0 Å². The summed E-state index contributed by atoms with van der Waals surface area (Å²) in [5.41, 5.74) is 6.69. The van der Waals surface area contributed by atoms with E-state index in [4.69, 9.17) is 5.73 Å². The molecule has 0 aliphatic carbocycles. The Morgan fingerprint density at radius 1 is 1.20 bits per heavy atom.